The zero-order valence-corrected chi connectivity index (χ0v) is 10.5. The molecule has 2 N–H and O–H groups in total. The zero-order chi connectivity index (χ0) is 12.4. The molecule has 1 heterocycles. The third-order valence-electron chi connectivity index (χ3n) is 3.01. The third-order valence-corrected chi connectivity index (χ3v) is 3.01. The van der Waals surface area contributed by atoms with E-state index in [2.05, 4.69) is 48.2 Å². The Morgan fingerprint density at radius 1 is 1.47 bits per heavy atom. The molecule has 3 heteroatoms. The first-order chi connectivity index (χ1) is 8.17. The minimum atomic E-state index is 0.458. The summed E-state index contributed by atoms with van der Waals surface area (Å²) in [6.45, 7) is 9.36. The number of nitrogens with zero attached hydrogens (tertiary/aromatic N) is 2. The number of rotatable bonds is 4. The minimum absolute atomic E-state index is 0.458. The van der Waals surface area contributed by atoms with Gasteiger partial charge < -0.3 is 10.3 Å². The number of hydrogen-bond acceptors (Lipinski definition) is 2. The molecule has 1 aromatic heterocycles. The summed E-state index contributed by atoms with van der Waals surface area (Å²) in [5.74, 6) is 1.44. The molecule has 0 aliphatic carbocycles. The average Bonchev–Trinajstić information content (AvgIpc) is 2.67. The van der Waals surface area contributed by atoms with E-state index in [0.29, 0.717) is 12.5 Å². The van der Waals surface area contributed by atoms with Gasteiger partial charge in [-0.2, -0.15) is 0 Å². The Bertz CT molecular complexity index is 538. The monoisotopic (exact) mass is 229 g/mol. The van der Waals surface area contributed by atoms with Gasteiger partial charge in [0.15, 0.2) is 0 Å². The Balaban J connectivity index is 2.60. The zero-order valence-electron chi connectivity index (χ0n) is 10.5. The Hall–Kier alpha value is -1.61. The lowest BCUT2D eigenvalue weighted by atomic mass is 10.0. The summed E-state index contributed by atoms with van der Waals surface area (Å²) >= 11 is 0. The summed E-state index contributed by atoms with van der Waals surface area (Å²) in [7, 11) is 0. The van der Waals surface area contributed by atoms with Gasteiger partial charge in [0.25, 0.3) is 0 Å². The van der Waals surface area contributed by atoms with Crippen LogP contribution in [0.25, 0.3) is 11.0 Å². The summed E-state index contributed by atoms with van der Waals surface area (Å²) in [5.41, 5.74) is 9.19. The molecule has 0 aliphatic heterocycles. The fourth-order valence-corrected chi connectivity index (χ4v) is 2.04. The van der Waals surface area contributed by atoms with E-state index < -0.39 is 0 Å². The predicted octanol–water partition coefficient (Wildman–Crippen LogP) is 2.80. The number of nitrogens with two attached hydrogens (primary N) is 1. The molecule has 0 saturated carbocycles. The Labute approximate surface area is 102 Å². The van der Waals surface area contributed by atoms with Crippen LogP contribution in [0.15, 0.2) is 30.9 Å². The Morgan fingerprint density at radius 3 is 2.82 bits per heavy atom. The largest absolute Gasteiger partial charge is 0.324 e. The molecular formula is C14H19N3. The molecule has 0 spiro atoms. The molecule has 0 amide bonds. The molecule has 2 rings (SSSR count). The highest BCUT2D eigenvalue weighted by atomic mass is 15.1. The van der Waals surface area contributed by atoms with E-state index in [0.717, 1.165) is 23.4 Å². The third kappa shape index (κ3) is 2.11. The average molecular weight is 229 g/mol. The first-order valence-corrected chi connectivity index (χ1v) is 5.97. The normalized spacial score (nSPS) is 11.3. The van der Waals surface area contributed by atoms with Crippen molar-refractivity contribution in [1.29, 1.82) is 0 Å². The van der Waals surface area contributed by atoms with Crippen LogP contribution >= 0.6 is 0 Å². The van der Waals surface area contributed by atoms with Crippen LogP contribution in [0.3, 0.4) is 0 Å². The van der Waals surface area contributed by atoms with E-state index in [9.17, 15) is 0 Å². The van der Waals surface area contributed by atoms with E-state index in [1.165, 1.54) is 5.56 Å². The summed E-state index contributed by atoms with van der Waals surface area (Å²) in [4.78, 5) is 4.58. The van der Waals surface area contributed by atoms with Gasteiger partial charge in [0.1, 0.15) is 5.82 Å². The van der Waals surface area contributed by atoms with Crippen LogP contribution in [-0.4, -0.2) is 9.55 Å². The fourth-order valence-electron chi connectivity index (χ4n) is 2.04. The first kappa shape index (κ1) is 11.9. The molecule has 0 bridgehead atoms. The van der Waals surface area contributed by atoms with Crippen molar-refractivity contribution in [1.82, 2.24) is 9.55 Å². The second-order valence-corrected chi connectivity index (χ2v) is 4.53. The van der Waals surface area contributed by atoms with Crippen molar-refractivity contribution in [3.8, 4) is 0 Å². The van der Waals surface area contributed by atoms with Gasteiger partial charge in [0.2, 0.25) is 0 Å². The molecule has 0 fully saturated rings. The van der Waals surface area contributed by atoms with Crippen LogP contribution in [0.5, 0.6) is 0 Å². The second kappa shape index (κ2) is 4.72. The van der Waals surface area contributed by atoms with E-state index in [1.54, 1.807) is 0 Å². The number of fused-ring (bicyclic) bond motifs is 1. The highest BCUT2D eigenvalue weighted by Crippen LogP contribution is 2.22. The van der Waals surface area contributed by atoms with Crippen LogP contribution in [0.2, 0.25) is 0 Å². The maximum Gasteiger partial charge on any atom is 0.123 e. The van der Waals surface area contributed by atoms with Crippen molar-refractivity contribution in [2.45, 2.75) is 32.9 Å². The lowest BCUT2D eigenvalue weighted by Crippen LogP contribution is -2.07. The number of allylic oxidation sites excluding steroid dienone is 1. The van der Waals surface area contributed by atoms with E-state index in [-0.39, 0.29) is 0 Å². The van der Waals surface area contributed by atoms with Crippen LogP contribution < -0.4 is 5.73 Å². The van der Waals surface area contributed by atoms with Gasteiger partial charge in [-0.25, -0.2) is 4.98 Å². The fraction of sp³-hybridized carbons (Fsp3) is 0.357. The highest BCUT2D eigenvalue weighted by molar-refractivity contribution is 5.77. The van der Waals surface area contributed by atoms with Crippen molar-refractivity contribution in [3.05, 3.63) is 42.2 Å². The summed E-state index contributed by atoms with van der Waals surface area (Å²) in [6, 6.07) is 6.44. The number of benzene rings is 1. The SMILES string of the molecule is C=CCn1c(CN)nc2cc(C(C)C)ccc21. The van der Waals surface area contributed by atoms with Crippen molar-refractivity contribution in [3.63, 3.8) is 0 Å². The molecule has 0 unspecified atom stereocenters. The van der Waals surface area contributed by atoms with Crippen molar-refractivity contribution >= 4 is 11.0 Å². The van der Waals surface area contributed by atoms with Gasteiger partial charge in [-0.15, -0.1) is 6.58 Å². The molecule has 1 aromatic carbocycles. The lowest BCUT2D eigenvalue weighted by Gasteiger charge is -2.06. The van der Waals surface area contributed by atoms with Gasteiger partial charge in [0, 0.05) is 6.54 Å². The summed E-state index contributed by atoms with van der Waals surface area (Å²) < 4.78 is 2.12. The molecule has 3 nitrogen and oxygen atoms in total. The van der Waals surface area contributed by atoms with Gasteiger partial charge in [-0.05, 0) is 23.6 Å². The van der Waals surface area contributed by atoms with Crippen molar-refractivity contribution in [2.75, 3.05) is 0 Å². The molecule has 17 heavy (non-hydrogen) atoms. The maximum absolute atomic E-state index is 5.72. The summed E-state index contributed by atoms with van der Waals surface area (Å²) in [5, 5.41) is 0. The van der Waals surface area contributed by atoms with Crippen molar-refractivity contribution in [2.24, 2.45) is 5.73 Å². The van der Waals surface area contributed by atoms with E-state index >= 15 is 0 Å². The van der Waals surface area contributed by atoms with Crippen LogP contribution in [0.1, 0.15) is 31.2 Å². The van der Waals surface area contributed by atoms with Crippen LogP contribution in [-0.2, 0) is 13.1 Å². The molecule has 0 radical (unpaired) electrons. The van der Waals surface area contributed by atoms with E-state index in [1.807, 2.05) is 6.08 Å². The Kier molecular flexibility index (Phi) is 3.29. The topological polar surface area (TPSA) is 43.8 Å². The number of aromatic nitrogens is 2. The second-order valence-electron chi connectivity index (χ2n) is 4.53. The lowest BCUT2D eigenvalue weighted by molar-refractivity contribution is 0.759. The van der Waals surface area contributed by atoms with Gasteiger partial charge >= 0.3 is 0 Å². The number of hydrogen-bond donors (Lipinski definition) is 1. The minimum Gasteiger partial charge on any atom is -0.324 e. The summed E-state index contributed by atoms with van der Waals surface area (Å²) in [6.07, 6.45) is 1.87. The smallest absolute Gasteiger partial charge is 0.123 e. The molecule has 0 saturated heterocycles. The van der Waals surface area contributed by atoms with Crippen molar-refractivity contribution < 1.29 is 0 Å². The van der Waals surface area contributed by atoms with E-state index in [4.69, 9.17) is 5.73 Å². The Morgan fingerprint density at radius 2 is 2.24 bits per heavy atom. The quantitative estimate of drug-likeness (QED) is 0.819. The van der Waals surface area contributed by atoms with Gasteiger partial charge in [-0.3, -0.25) is 0 Å². The van der Waals surface area contributed by atoms with Crippen LogP contribution in [0, 0.1) is 0 Å². The maximum atomic E-state index is 5.72. The molecule has 2 aromatic rings. The molecule has 0 atom stereocenters. The molecule has 90 valence electrons. The van der Waals surface area contributed by atoms with Gasteiger partial charge in [-0.1, -0.05) is 26.0 Å². The first-order valence-electron chi connectivity index (χ1n) is 5.97. The van der Waals surface area contributed by atoms with Gasteiger partial charge in [0.05, 0.1) is 17.6 Å². The predicted molar refractivity (Wildman–Crippen MR) is 71.9 cm³/mol. The highest BCUT2D eigenvalue weighted by Gasteiger charge is 2.09. The standard InChI is InChI=1S/C14H19N3/c1-4-7-17-13-6-5-11(10(2)3)8-12(13)16-14(17)9-15/h4-6,8,10H,1,7,9,15H2,2-3H3. The number of imidazole rings is 1. The van der Waals surface area contributed by atoms with Crippen LogP contribution in [0.4, 0.5) is 0 Å². The molecule has 0 aliphatic rings. The molecular weight excluding hydrogens is 210 g/mol.